The van der Waals surface area contributed by atoms with E-state index < -0.39 is 0 Å². The molecular formula is C3H5IN2O. The molecule has 3 nitrogen and oxygen atoms in total. The van der Waals surface area contributed by atoms with Crippen molar-refractivity contribution in [2.24, 2.45) is 5.10 Å². The molecule has 0 saturated heterocycles. The number of carbonyl (C=O) groups excluding carboxylic acids is 1. The van der Waals surface area contributed by atoms with Gasteiger partial charge in [0.25, 0.3) is 0 Å². The van der Waals surface area contributed by atoms with Crippen molar-refractivity contribution in [1.29, 1.82) is 0 Å². The van der Waals surface area contributed by atoms with Crippen LogP contribution in [-0.4, -0.2) is 10.1 Å². The predicted octanol–water partition coefficient (Wildman–Crippen LogP) is 0.501. The lowest BCUT2D eigenvalue weighted by Crippen LogP contribution is -2.11. The summed E-state index contributed by atoms with van der Waals surface area (Å²) in [7, 11) is 0. The fourth-order valence-corrected chi connectivity index (χ4v) is 0.255. The zero-order valence-corrected chi connectivity index (χ0v) is 5.97. The monoisotopic (exact) mass is 212 g/mol. The Labute approximate surface area is 55.3 Å². The summed E-state index contributed by atoms with van der Waals surface area (Å²) in [5.74, 6) is -0.145. The third kappa shape index (κ3) is 5.87. The molecule has 0 aromatic carbocycles. The lowest BCUT2D eigenvalue weighted by Gasteiger charge is -1.84. The van der Waals surface area contributed by atoms with E-state index >= 15 is 0 Å². The number of amides is 1. The second-order valence-corrected chi connectivity index (χ2v) is 1.45. The van der Waals surface area contributed by atoms with Gasteiger partial charge in [0.05, 0.1) is 4.22 Å². The van der Waals surface area contributed by atoms with Crippen LogP contribution < -0.4 is 5.43 Å². The normalized spacial score (nSPS) is 9.43. The molecule has 40 valence electrons. The van der Waals surface area contributed by atoms with E-state index in [-0.39, 0.29) is 5.91 Å². The number of carbonyl (C=O) groups is 1. The maximum Gasteiger partial charge on any atom is 0.236 e. The molecule has 0 saturated carbocycles. The van der Waals surface area contributed by atoms with E-state index in [1.807, 2.05) is 22.6 Å². The van der Waals surface area contributed by atoms with Crippen molar-refractivity contribution in [3.63, 3.8) is 0 Å². The van der Waals surface area contributed by atoms with Crippen LogP contribution in [-0.2, 0) is 4.79 Å². The van der Waals surface area contributed by atoms with Gasteiger partial charge in [-0.15, -0.1) is 0 Å². The molecule has 1 amide bonds. The average molecular weight is 212 g/mol. The Morgan fingerprint density at radius 2 is 2.57 bits per heavy atom. The second-order valence-electron chi connectivity index (χ2n) is 0.895. The van der Waals surface area contributed by atoms with Crippen LogP contribution in [0.5, 0.6) is 0 Å². The standard InChI is InChI=1S/C3H5IN2O/c1-3(7)6-5-2-4/h2H,1H3,(H,6,7)/b5-2+. The van der Waals surface area contributed by atoms with Crippen LogP contribution in [0, 0.1) is 0 Å². The number of halogens is 1. The van der Waals surface area contributed by atoms with Gasteiger partial charge in [-0.25, -0.2) is 5.43 Å². The van der Waals surface area contributed by atoms with E-state index in [1.54, 1.807) is 0 Å². The fraction of sp³-hybridized carbons (Fsp3) is 0.333. The van der Waals surface area contributed by atoms with E-state index in [2.05, 4.69) is 10.5 Å². The highest BCUT2D eigenvalue weighted by molar-refractivity contribution is 14.1. The molecule has 0 aromatic heterocycles. The molecular weight excluding hydrogens is 207 g/mol. The molecule has 0 aliphatic heterocycles. The Balaban J connectivity index is 3.14. The van der Waals surface area contributed by atoms with Crippen molar-refractivity contribution < 1.29 is 4.79 Å². The first-order chi connectivity index (χ1) is 3.27. The Hall–Kier alpha value is -0.130. The number of hydrazone groups is 1. The minimum Gasteiger partial charge on any atom is -0.274 e. The number of rotatable bonds is 1. The molecule has 0 spiro atoms. The molecule has 0 aliphatic rings. The summed E-state index contributed by atoms with van der Waals surface area (Å²) in [6.07, 6.45) is 0. The van der Waals surface area contributed by atoms with Gasteiger partial charge in [-0.1, -0.05) is 0 Å². The van der Waals surface area contributed by atoms with Gasteiger partial charge in [0.1, 0.15) is 0 Å². The van der Waals surface area contributed by atoms with Crippen molar-refractivity contribution in [3.05, 3.63) is 0 Å². The van der Waals surface area contributed by atoms with Crippen molar-refractivity contribution in [2.45, 2.75) is 6.92 Å². The first-order valence-electron chi connectivity index (χ1n) is 1.65. The third-order valence-electron chi connectivity index (χ3n) is 0.271. The summed E-state index contributed by atoms with van der Waals surface area (Å²) >= 11 is 1.91. The first-order valence-corrected chi connectivity index (χ1v) is 2.90. The summed E-state index contributed by atoms with van der Waals surface area (Å²) in [5.41, 5.74) is 2.22. The van der Waals surface area contributed by atoms with Gasteiger partial charge in [0.15, 0.2) is 0 Å². The van der Waals surface area contributed by atoms with E-state index in [9.17, 15) is 4.79 Å². The van der Waals surface area contributed by atoms with Crippen LogP contribution in [0.1, 0.15) is 6.92 Å². The minimum absolute atomic E-state index is 0.145. The zero-order chi connectivity index (χ0) is 5.70. The molecule has 0 heterocycles. The quantitative estimate of drug-likeness (QED) is 0.383. The molecule has 0 unspecified atom stereocenters. The van der Waals surface area contributed by atoms with Gasteiger partial charge in [-0.3, -0.25) is 4.79 Å². The first kappa shape index (κ1) is 6.87. The summed E-state index contributed by atoms with van der Waals surface area (Å²) in [4.78, 5) is 9.97. The lowest BCUT2D eigenvalue weighted by atomic mass is 10.8. The second kappa shape index (κ2) is 4.04. The fourth-order valence-electron chi connectivity index (χ4n) is 0.115. The minimum atomic E-state index is -0.145. The van der Waals surface area contributed by atoms with E-state index in [1.165, 1.54) is 11.1 Å². The number of hydrogen-bond acceptors (Lipinski definition) is 2. The molecule has 0 aromatic rings. The van der Waals surface area contributed by atoms with Crippen LogP contribution in [0.2, 0.25) is 0 Å². The molecule has 0 fully saturated rings. The van der Waals surface area contributed by atoms with Gasteiger partial charge < -0.3 is 0 Å². The third-order valence-corrected chi connectivity index (χ3v) is 0.549. The van der Waals surface area contributed by atoms with Crippen molar-refractivity contribution in [2.75, 3.05) is 0 Å². The van der Waals surface area contributed by atoms with E-state index in [0.29, 0.717) is 0 Å². The zero-order valence-electron chi connectivity index (χ0n) is 3.81. The smallest absolute Gasteiger partial charge is 0.236 e. The molecule has 0 aliphatic carbocycles. The van der Waals surface area contributed by atoms with Crippen LogP contribution >= 0.6 is 22.6 Å². The van der Waals surface area contributed by atoms with E-state index in [0.717, 1.165) is 0 Å². The Kier molecular flexibility index (Phi) is 3.97. The van der Waals surface area contributed by atoms with Gasteiger partial charge in [-0.2, -0.15) is 5.10 Å². The van der Waals surface area contributed by atoms with Crippen LogP contribution in [0.3, 0.4) is 0 Å². The largest absolute Gasteiger partial charge is 0.274 e. The summed E-state index contributed by atoms with van der Waals surface area (Å²) in [6.45, 7) is 1.41. The molecule has 1 N–H and O–H groups in total. The summed E-state index contributed by atoms with van der Waals surface area (Å²) in [6, 6.07) is 0. The molecule has 0 atom stereocenters. The van der Waals surface area contributed by atoms with Gasteiger partial charge in [0, 0.05) is 6.92 Å². The Morgan fingerprint density at radius 1 is 2.00 bits per heavy atom. The highest BCUT2D eigenvalue weighted by atomic mass is 127. The summed E-state index contributed by atoms with van der Waals surface area (Å²) in [5, 5.41) is 3.43. The van der Waals surface area contributed by atoms with Crippen LogP contribution in [0.25, 0.3) is 0 Å². The predicted molar refractivity (Wildman–Crippen MR) is 36.3 cm³/mol. The van der Waals surface area contributed by atoms with Crippen LogP contribution in [0.4, 0.5) is 0 Å². The SMILES string of the molecule is CC(=O)N/N=C/I. The van der Waals surface area contributed by atoms with Gasteiger partial charge in [-0.05, 0) is 22.6 Å². The molecule has 4 heteroatoms. The maximum atomic E-state index is 9.97. The van der Waals surface area contributed by atoms with Crippen molar-refractivity contribution in [1.82, 2.24) is 5.43 Å². The molecule has 0 radical (unpaired) electrons. The maximum absolute atomic E-state index is 9.97. The molecule has 0 bridgehead atoms. The van der Waals surface area contributed by atoms with Crippen molar-refractivity contribution in [3.8, 4) is 0 Å². The Morgan fingerprint density at radius 3 is 2.71 bits per heavy atom. The highest BCUT2D eigenvalue weighted by Gasteiger charge is 1.78. The Bertz CT molecular complexity index is 90.9. The number of hydrogen-bond donors (Lipinski definition) is 1. The number of nitrogens with one attached hydrogen (secondary N) is 1. The lowest BCUT2D eigenvalue weighted by molar-refractivity contribution is -0.118. The van der Waals surface area contributed by atoms with E-state index in [4.69, 9.17) is 0 Å². The molecule has 0 rings (SSSR count). The number of nitrogens with zero attached hydrogens (tertiary/aromatic N) is 1. The van der Waals surface area contributed by atoms with Gasteiger partial charge >= 0.3 is 0 Å². The van der Waals surface area contributed by atoms with Crippen molar-refractivity contribution >= 4 is 32.7 Å². The highest BCUT2D eigenvalue weighted by Crippen LogP contribution is 1.67. The average Bonchev–Trinajstić information content (AvgIpc) is 1.61. The topological polar surface area (TPSA) is 41.5 Å². The summed E-state index contributed by atoms with van der Waals surface area (Å²) < 4.78 is 1.49. The van der Waals surface area contributed by atoms with Gasteiger partial charge in [0.2, 0.25) is 5.91 Å². The van der Waals surface area contributed by atoms with Crippen LogP contribution in [0.15, 0.2) is 5.10 Å². The molecule has 7 heavy (non-hydrogen) atoms.